The molecule has 0 aliphatic heterocycles. The lowest BCUT2D eigenvalue weighted by Crippen LogP contribution is -2.24. The first-order chi connectivity index (χ1) is 15.5. The second kappa shape index (κ2) is 9.83. The summed E-state index contributed by atoms with van der Waals surface area (Å²) in [6.45, 7) is 1.01. The summed E-state index contributed by atoms with van der Waals surface area (Å²) in [6, 6.07) is 5.98. The molecule has 0 saturated heterocycles. The summed E-state index contributed by atoms with van der Waals surface area (Å²) >= 11 is 2.67. The number of fused-ring (bicyclic) bond motifs is 3. The average molecular weight is 478 g/mol. The third-order valence-corrected chi connectivity index (χ3v) is 7.22. The van der Waals surface area contributed by atoms with Gasteiger partial charge in [0.05, 0.1) is 16.8 Å². The van der Waals surface area contributed by atoms with Gasteiger partial charge < -0.3 is 10.1 Å². The van der Waals surface area contributed by atoms with E-state index in [1.807, 2.05) is 0 Å². The molecule has 0 radical (unpaired) electrons. The second-order valence-electron chi connectivity index (χ2n) is 7.20. The van der Waals surface area contributed by atoms with E-state index in [-0.39, 0.29) is 29.3 Å². The Kier molecular flexibility index (Phi) is 6.90. The van der Waals surface area contributed by atoms with Gasteiger partial charge in [-0.1, -0.05) is 30.0 Å². The molecule has 1 aliphatic rings. The molecule has 1 N–H and O–H groups in total. The largest absolute Gasteiger partial charge is 0.433 e. The molecule has 168 valence electrons. The zero-order valence-electron chi connectivity index (χ0n) is 17.1. The predicted octanol–water partition coefficient (Wildman–Crippen LogP) is 4.86. The number of carbonyl (C=O) groups is 1. The Labute approximate surface area is 191 Å². The fourth-order valence-corrected chi connectivity index (χ4v) is 5.82. The van der Waals surface area contributed by atoms with Crippen LogP contribution in [0, 0.1) is 0 Å². The van der Waals surface area contributed by atoms with Crippen molar-refractivity contribution in [3.63, 3.8) is 0 Å². The molecule has 0 unspecified atom stereocenters. The number of carbonyl (C=O) groups excluding carboxylic acids is 1. The van der Waals surface area contributed by atoms with E-state index in [0.717, 1.165) is 43.0 Å². The van der Waals surface area contributed by atoms with Crippen LogP contribution in [-0.4, -0.2) is 27.8 Å². The number of allylic oxidation sites excluding steroid dienone is 1. The van der Waals surface area contributed by atoms with Crippen LogP contribution in [0.4, 0.5) is 14.5 Å². The van der Waals surface area contributed by atoms with E-state index in [4.69, 9.17) is 0 Å². The first-order valence-corrected chi connectivity index (χ1v) is 11.9. The molecule has 1 aromatic carbocycles. The third kappa shape index (κ3) is 4.71. The molecule has 0 bridgehead atoms. The van der Waals surface area contributed by atoms with E-state index in [1.165, 1.54) is 27.6 Å². The highest BCUT2D eigenvalue weighted by Crippen LogP contribution is 2.35. The maximum absolute atomic E-state index is 13.2. The van der Waals surface area contributed by atoms with Crippen LogP contribution in [0.1, 0.15) is 23.3 Å². The van der Waals surface area contributed by atoms with Crippen LogP contribution in [0.3, 0.4) is 0 Å². The number of rotatable bonds is 8. The standard InChI is InChI=1S/C22H21F2N3O3S2/c1-2-11-27-20(29)18-13-7-3-6-10-16(13)32-19(18)26-22(27)31-12-17(28)25-14-8-4-5-9-15(14)30-21(23)24/h2,4-5,8-9,21H,1,3,6-7,10-12H2,(H,25,28). The van der Waals surface area contributed by atoms with Crippen molar-refractivity contribution in [2.45, 2.75) is 44.0 Å². The van der Waals surface area contributed by atoms with Crippen molar-refractivity contribution in [2.24, 2.45) is 0 Å². The van der Waals surface area contributed by atoms with Crippen molar-refractivity contribution >= 4 is 44.9 Å². The third-order valence-electron chi connectivity index (χ3n) is 5.06. The first-order valence-electron chi connectivity index (χ1n) is 10.1. The summed E-state index contributed by atoms with van der Waals surface area (Å²) in [4.78, 5) is 32.3. The molecule has 0 saturated carbocycles. The van der Waals surface area contributed by atoms with Crippen molar-refractivity contribution in [1.82, 2.24) is 9.55 Å². The Balaban J connectivity index is 1.57. The molecule has 0 spiro atoms. The summed E-state index contributed by atoms with van der Waals surface area (Å²) in [5, 5.41) is 3.68. The Hall–Kier alpha value is -2.72. The van der Waals surface area contributed by atoms with Gasteiger partial charge in [0.1, 0.15) is 10.6 Å². The molecule has 0 atom stereocenters. The Bertz CT molecular complexity index is 1220. The molecule has 4 rings (SSSR count). The number of thioether (sulfide) groups is 1. The van der Waals surface area contributed by atoms with Gasteiger partial charge in [0, 0.05) is 11.4 Å². The Morgan fingerprint density at radius 1 is 1.34 bits per heavy atom. The van der Waals surface area contributed by atoms with E-state index < -0.39 is 12.5 Å². The van der Waals surface area contributed by atoms with Gasteiger partial charge in [-0.15, -0.1) is 17.9 Å². The number of hydrogen-bond donors (Lipinski definition) is 1. The molecule has 3 aromatic rings. The number of aryl methyl sites for hydroxylation is 2. The topological polar surface area (TPSA) is 73.2 Å². The van der Waals surface area contributed by atoms with E-state index in [0.29, 0.717) is 15.4 Å². The molecule has 6 nitrogen and oxygen atoms in total. The summed E-state index contributed by atoms with van der Waals surface area (Å²) in [7, 11) is 0. The molecule has 2 heterocycles. The van der Waals surface area contributed by atoms with Gasteiger partial charge in [0.25, 0.3) is 5.56 Å². The van der Waals surface area contributed by atoms with Crippen LogP contribution in [0.2, 0.25) is 0 Å². The molecule has 1 amide bonds. The summed E-state index contributed by atoms with van der Waals surface area (Å²) in [5.74, 6) is -0.596. The number of amides is 1. The fourth-order valence-electron chi connectivity index (χ4n) is 3.71. The highest BCUT2D eigenvalue weighted by Gasteiger charge is 2.22. The zero-order chi connectivity index (χ0) is 22.7. The lowest BCUT2D eigenvalue weighted by Gasteiger charge is -2.13. The fraction of sp³-hybridized carbons (Fsp3) is 0.318. The smallest absolute Gasteiger partial charge is 0.387 e. The predicted molar refractivity (Wildman–Crippen MR) is 123 cm³/mol. The number of benzene rings is 1. The number of halogens is 2. The van der Waals surface area contributed by atoms with Crippen LogP contribution in [0.25, 0.3) is 10.2 Å². The SMILES string of the molecule is C=CCn1c(SCC(=O)Nc2ccccc2OC(F)F)nc2sc3c(c2c1=O)CCCC3. The quantitative estimate of drug-likeness (QED) is 0.285. The second-order valence-corrected chi connectivity index (χ2v) is 9.23. The van der Waals surface area contributed by atoms with Gasteiger partial charge in [0.2, 0.25) is 5.91 Å². The Morgan fingerprint density at radius 2 is 2.12 bits per heavy atom. The number of nitrogens with zero attached hydrogens (tertiary/aromatic N) is 2. The summed E-state index contributed by atoms with van der Waals surface area (Å²) < 4.78 is 31.1. The number of alkyl halides is 2. The number of aromatic nitrogens is 2. The van der Waals surface area contributed by atoms with Crippen LogP contribution in [0.15, 0.2) is 46.9 Å². The maximum atomic E-state index is 13.2. The van der Waals surface area contributed by atoms with Gasteiger partial charge in [0.15, 0.2) is 5.16 Å². The molecule has 32 heavy (non-hydrogen) atoms. The van der Waals surface area contributed by atoms with E-state index >= 15 is 0 Å². The van der Waals surface area contributed by atoms with Gasteiger partial charge in [-0.25, -0.2) is 4.98 Å². The lowest BCUT2D eigenvalue weighted by molar-refractivity contribution is -0.113. The zero-order valence-corrected chi connectivity index (χ0v) is 18.7. The van der Waals surface area contributed by atoms with Crippen molar-refractivity contribution < 1.29 is 18.3 Å². The molecule has 10 heteroatoms. The lowest BCUT2D eigenvalue weighted by atomic mass is 9.97. The number of para-hydroxylation sites is 2. The minimum absolute atomic E-state index is 0.0524. The number of anilines is 1. The number of ether oxygens (including phenoxy) is 1. The van der Waals surface area contributed by atoms with Gasteiger partial charge in [-0.3, -0.25) is 14.2 Å². The maximum Gasteiger partial charge on any atom is 0.387 e. The number of hydrogen-bond acceptors (Lipinski definition) is 6. The van der Waals surface area contributed by atoms with Gasteiger partial charge >= 0.3 is 6.61 Å². The summed E-state index contributed by atoms with van der Waals surface area (Å²) in [5.41, 5.74) is 1.14. The highest BCUT2D eigenvalue weighted by molar-refractivity contribution is 7.99. The van der Waals surface area contributed by atoms with Crippen molar-refractivity contribution in [1.29, 1.82) is 0 Å². The van der Waals surface area contributed by atoms with E-state index in [9.17, 15) is 18.4 Å². The molecular weight excluding hydrogens is 456 g/mol. The van der Waals surface area contributed by atoms with E-state index in [2.05, 4.69) is 21.6 Å². The molecule has 0 fully saturated rings. The van der Waals surface area contributed by atoms with Crippen molar-refractivity contribution in [2.75, 3.05) is 11.1 Å². The highest BCUT2D eigenvalue weighted by atomic mass is 32.2. The monoisotopic (exact) mass is 477 g/mol. The van der Waals surface area contributed by atoms with Crippen LogP contribution < -0.4 is 15.6 Å². The minimum Gasteiger partial charge on any atom is -0.433 e. The summed E-state index contributed by atoms with van der Waals surface area (Å²) in [6.07, 6.45) is 5.64. The molecule has 2 aromatic heterocycles. The average Bonchev–Trinajstić information content (AvgIpc) is 3.14. The number of nitrogens with one attached hydrogen (secondary N) is 1. The van der Waals surface area contributed by atoms with Crippen LogP contribution >= 0.6 is 23.1 Å². The number of thiophene rings is 1. The minimum atomic E-state index is -3.00. The molecular formula is C22H21F2N3O3S2. The van der Waals surface area contributed by atoms with Gasteiger partial charge in [-0.2, -0.15) is 8.78 Å². The van der Waals surface area contributed by atoms with E-state index in [1.54, 1.807) is 23.5 Å². The van der Waals surface area contributed by atoms with Crippen LogP contribution in [-0.2, 0) is 24.2 Å². The molecule has 1 aliphatic carbocycles. The normalized spacial score (nSPS) is 13.2. The Morgan fingerprint density at radius 3 is 2.91 bits per heavy atom. The van der Waals surface area contributed by atoms with Gasteiger partial charge in [-0.05, 0) is 43.4 Å². The first kappa shape index (κ1) is 22.5. The van der Waals surface area contributed by atoms with Crippen LogP contribution in [0.5, 0.6) is 5.75 Å². The van der Waals surface area contributed by atoms with Crippen molar-refractivity contribution in [3.05, 3.63) is 57.7 Å². The van der Waals surface area contributed by atoms with Crippen molar-refractivity contribution in [3.8, 4) is 5.75 Å².